The molecule has 13 heteroatoms. The molecule has 0 heterocycles. The first-order valence-corrected chi connectivity index (χ1v) is 27.2. The number of ether oxygens (including phenoxy) is 2. The third kappa shape index (κ3) is 35.2. The number of aliphatic hydroxyl groups is 5. The molecule has 1 aliphatic rings. The van der Waals surface area contributed by atoms with Crippen molar-refractivity contribution in [3.05, 3.63) is 109 Å². The maximum atomic E-state index is 12.9. The molecule has 68 heavy (non-hydrogen) atoms. The molecule has 0 spiro atoms. The van der Waals surface area contributed by atoms with Crippen LogP contribution in [0.2, 0.25) is 0 Å². The van der Waals surface area contributed by atoms with E-state index in [2.05, 4.69) is 111 Å². The van der Waals surface area contributed by atoms with Gasteiger partial charge in [0.25, 0.3) is 0 Å². The molecule has 6 N–H and O–H groups in total. The number of allylic oxidation sites excluding steroid dienone is 18. The van der Waals surface area contributed by atoms with Gasteiger partial charge >= 0.3 is 13.8 Å². The Bertz CT molecular complexity index is 1530. The second-order valence-corrected chi connectivity index (χ2v) is 18.7. The van der Waals surface area contributed by atoms with Crippen LogP contribution in [0, 0.1) is 0 Å². The summed E-state index contributed by atoms with van der Waals surface area (Å²) < 4.78 is 34.2. The summed E-state index contributed by atoms with van der Waals surface area (Å²) in [5, 5.41) is 50.3. The van der Waals surface area contributed by atoms with Crippen LogP contribution in [0.15, 0.2) is 109 Å². The Labute approximate surface area is 410 Å². The molecule has 0 aromatic rings. The van der Waals surface area contributed by atoms with Gasteiger partial charge in [-0.2, -0.15) is 0 Å². The van der Waals surface area contributed by atoms with Crippen molar-refractivity contribution in [3.63, 3.8) is 0 Å². The van der Waals surface area contributed by atoms with E-state index in [1.807, 2.05) is 12.2 Å². The van der Waals surface area contributed by atoms with Crippen LogP contribution in [-0.2, 0) is 27.9 Å². The molecule has 6 atom stereocenters. The third-order valence-electron chi connectivity index (χ3n) is 11.1. The predicted octanol–water partition coefficient (Wildman–Crippen LogP) is 11.6. The minimum Gasteiger partial charge on any atom is -0.457 e. The van der Waals surface area contributed by atoms with Gasteiger partial charge in [-0.05, 0) is 96.3 Å². The first kappa shape index (κ1) is 63.0. The van der Waals surface area contributed by atoms with Crippen molar-refractivity contribution < 1.29 is 58.3 Å². The number of carbonyl (C=O) groups excluding carboxylic acids is 1. The summed E-state index contributed by atoms with van der Waals surface area (Å²) in [7, 11) is -5.05. The van der Waals surface area contributed by atoms with E-state index in [9.17, 15) is 39.8 Å². The number of hydrogen-bond acceptors (Lipinski definition) is 11. The monoisotopic (exact) mass is 975 g/mol. The lowest BCUT2D eigenvalue weighted by atomic mass is 9.85. The Hall–Kier alpha value is -3.00. The van der Waals surface area contributed by atoms with E-state index in [0.717, 1.165) is 83.5 Å². The highest BCUT2D eigenvalue weighted by atomic mass is 31.2. The van der Waals surface area contributed by atoms with Gasteiger partial charge in [0.15, 0.2) is 0 Å². The average molecular weight is 975 g/mol. The van der Waals surface area contributed by atoms with Gasteiger partial charge in [0.1, 0.15) is 42.7 Å². The predicted molar refractivity (Wildman–Crippen MR) is 276 cm³/mol. The second kappa shape index (κ2) is 44.0. The van der Waals surface area contributed by atoms with Gasteiger partial charge < -0.3 is 39.9 Å². The molecule has 1 rings (SSSR count). The zero-order valence-electron chi connectivity index (χ0n) is 41.6. The van der Waals surface area contributed by atoms with Crippen LogP contribution in [0.3, 0.4) is 0 Å². The van der Waals surface area contributed by atoms with Crippen molar-refractivity contribution in [1.82, 2.24) is 0 Å². The Morgan fingerprint density at radius 3 is 1.32 bits per heavy atom. The highest BCUT2D eigenvalue weighted by molar-refractivity contribution is 7.47. The van der Waals surface area contributed by atoms with Crippen LogP contribution in [-0.4, -0.2) is 98.9 Å². The summed E-state index contributed by atoms with van der Waals surface area (Å²) in [4.78, 5) is 23.2. The Morgan fingerprint density at radius 1 is 0.485 bits per heavy atom. The number of phosphoric acid groups is 1. The number of rotatable bonds is 42. The number of carbonyl (C=O) groups is 1. The van der Waals surface area contributed by atoms with Gasteiger partial charge in [-0.1, -0.05) is 175 Å². The third-order valence-corrected chi connectivity index (χ3v) is 12.1. The van der Waals surface area contributed by atoms with Crippen LogP contribution in [0.1, 0.15) is 168 Å². The van der Waals surface area contributed by atoms with Gasteiger partial charge in [0, 0.05) is 13.0 Å². The van der Waals surface area contributed by atoms with E-state index < -0.39 is 63.1 Å². The maximum absolute atomic E-state index is 12.9. The van der Waals surface area contributed by atoms with Crippen LogP contribution in [0.25, 0.3) is 0 Å². The normalized spacial score (nSPS) is 22.1. The van der Waals surface area contributed by atoms with Crippen molar-refractivity contribution in [2.24, 2.45) is 0 Å². The molecule has 6 unspecified atom stereocenters. The van der Waals surface area contributed by atoms with Gasteiger partial charge in [0.05, 0.1) is 13.2 Å². The van der Waals surface area contributed by atoms with E-state index in [-0.39, 0.29) is 13.0 Å². The zero-order valence-corrected chi connectivity index (χ0v) is 42.5. The molecule has 1 saturated carbocycles. The highest BCUT2D eigenvalue weighted by Gasteiger charge is 2.51. The minimum absolute atomic E-state index is 0.0974. The quantitative estimate of drug-likeness (QED) is 0.0147. The molecule has 388 valence electrons. The first-order chi connectivity index (χ1) is 33.0. The zero-order chi connectivity index (χ0) is 49.8. The topological polar surface area (TPSA) is 192 Å². The lowest BCUT2D eigenvalue weighted by Gasteiger charge is -2.41. The average Bonchev–Trinajstić information content (AvgIpc) is 3.32. The van der Waals surface area contributed by atoms with E-state index in [1.54, 1.807) is 0 Å². The molecule has 0 radical (unpaired) electrons. The Kier molecular flexibility index (Phi) is 40.8. The lowest BCUT2D eigenvalue weighted by Crippen LogP contribution is -2.64. The molecule has 0 aromatic carbocycles. The van der Waals surface area contributed by atoms with Crippen molar-refractivity contribution >= 4 is 13.8 Å². The number of phosphoric ester groups is 1. The van der Waals surface area contributed by atoms with Crippen molar-refractivity contribution in [1.29, 1.82) is 0 Å². The number of unbranched alkanes of at least 4 members (excludes halogenated alkanes) is 12. The molecule has 1 fully saturated rings. The van der Waals surface area contributed by atoms with Gasteiger partial charge in [-0.15, -0.1) is 0 Å². The van der Waals surface area contributed by atoms with E-state index in [1.165, 1.54) is 51.4 Å². The van der Waals surface area contributed by atoms with Crippen LogP contribution in [0.5, 0.6) is 0 Å². The maximum Gasteiger partial charge on any atom is 0.472 e. The molecular formula is C55H91O12P. The largest absolute Gasteiger partial charge is 0.472 e. The molecule has 0 aromatic heterocycles. The SMILES string of the molecule is CC/C=C\C/C=C\C/C=C\C/C=C\C/C=C\C/C=C\C/C=C\CCCC(=O)OC(COCCCCCCCCCC/C=C\C/C=C\CCCCC)COP(=O)(O)OC1C(O)C(O)C(O)C(O)C1O. The second-order valence-electron chi connectivity index (χ2n) is 17.3. The Balaban J connectivity index is 2.42. The molecule has 0 bridgehead atoms. The molecule has 0 saturated heterocycles. The molecule has 0 aliphatic heterocycles. The van der Waals surface area contributed by atoms with Gasteiger partial charge in [-0.25, -0.2) is 4.57 Å². The van der Waals surface area contributed by atoms with E-state index in [4.69, 9.17) is 18.5 Å². The van der Waals surface area contributed by atoms with Crippen molar-refractivity contribution in [2.75, 3.05) is 19.8 Å². The number of hydrogen-bond donors (Lipinski definition) is 6. The fraction of sp³-hybridized carbons (Fsp3) is 0.655. The molecule has 0 amide bonds. The lowest BCUT2D eigenvalue weighted by molar-refractivity contribution is -0.220. The Morgan fingerprint density at radius 2 is 0.868 bits per heavy atom. The highest BCUT2D eigenvalue weighted by Crippen LogP contribution is 2.47. The van der Waals surface area contributed by atoms with Crippen molar-refractivity contribution in [2.45, 2.75) is 211 Å². The summed E-state index contributed by atoms with van der Waals surface area (Å²) in [6, 6.07) is 0. The molecule has 12 nitrogen and oxygen atoms in total. The fourth-order valence-electron chi connectivity index (χ4n) is 7.08. The van der Waals surface area contributed by atoms with Crippen LogP contribution < -0.4 is 0 Å². The summed E-state index contributed by atoms with van der Waals surface area (Å²) in [6.07, 6.45) is 50.1. The summed E-state index contributed by atoms with van der Waals surface area (Å²) in [6.45, 7) is 4.04. The van der Waals surface area contributed by atoms with Crippen LogP contribution in [0.4, 0.5) is 0 Å². The number of aliphatic hydroxyl groups excluding tert-OH is 5. The van der Waals surface area contributed by atoms with Gasteiger partial charge in [0.2, 0.25) is 0 Å². The number of esters is 1. The minimum atomic E-state index is -5.05. The summed E-state index contributed by atoms with van der Waals surface area (Å²) in [5.74, 6) is -0.541. The van der Waals surface area contributed by atoms with E-state index in [0.29, 0.717) is 19.4 Å². The van der Waals surface area contributed by atoms with Crippen molar-refractivity contribution in [3.8, 4) is 0 Å². The van der Waals surface area contributed by atoms with Gasteiger partial charge in [-0.3, -0.25) is 13.8 Å². The summed E-state index contributed by atoms with van der Waals surface area (Å²) >= 11 is 0. The fourth-order valence-corrected chi connectivity index (χ4v) is 8.05. The smallest absolute Gasteiger partial charge is 0.457 e. The van der Waals surface area contributed by atoms with E-state index >= 15 is 0 Å². The molecule has 1 aliphatic carbocycles. The molecular weight excluding hydrogens is 884 g/mol. The van der Waals surface area contributed by atoms with Crippen LogP contribution >= 0.6 is 7.82 Å². The summed E-state index contributed by atoms with van der Waals surface area (Å²) in [5.41, 5.74) is 0. The first-order valence-electron chi connectivity index (χ1n) is 25.7. The standard InChI is InChI=1S/C55H91O12P/c1-3-5-7-9-11-13-15-17-19-21-23-24-25-26-27-28-30-32-34-36-38-40-42-44-49(56)66-48(47-65-68(62,63)67-55-53(60)51(58)50(57)52(59)54(55)61)46-64-45-43-41-39-37-35-33-31-29-22-20-18-16-14-12-10-8-6-4-2/h5,7,11-14,17-20,23-24,26-27,30,32,36,38,48,50-55,57-61H,3-4,6,8-10,15-16,21-22,25,28-29,31,33-35,37,39-47H2,1-2H3,(H,62,63)/b7-5-,13-11-,14-12-,19-17-,20-18-,24-23-,27-26-,32-30-,38-36-.